The molecular weight excluding hydrogens is 350 g/mol. The first-order valence-electron chi connectivity index (χ1n) is 8.58. The van der Waals surface area contributed by atoms with Crippen LogP contribution in [0.5, 0.6) is 0 Å². The van der Waals surface area contributed by atoms with Gasteiger partial charge in [0.2, 0.25) is 5.91 Å². The summed E-state index contributed by atoms with van der Waals surface area (Å²) in [5, 5.41) is 8.98. The number of aromatic carboxylic acids is 1. The van der Waals surface area contributed by atoms with E-state index in [9.17, 15) is 19.2 Å². The average Bonchev–Trinajstić information content (AvgIpc) is 2.96. The molecule has 0 spiro atoms. The summed E-state index contributed by atoms with van der Waals surface area (Å²) in [5.41, 5.74) is 1.21. The number of pyridine rings is 1. The molecule has 0 bridgehead atoms. The molecule has 0 radical (unpaired) electrons. The molecule has 27 heavy (non-hydrogen) atoms. The molecule has 8 nitrogen and oxygen atoms in total. The van der Waals surface area contributed by atoms with E-state index in [1.54, 1.807) is 10.6 Å². The van der Waals surface area contributed by atoms with Gasteiger partial charge < -0.3 is 9.67 Å². The Kier molecular flexibility index (Phi) is 4.12. The molecule has 0 saturated carbocycles. The van der Waals surface area contributed by atoms with Gasteiger partial charge in [0, 0.05) is 31.4 Å². The maximum absolute atomic E-state index is 12.9. The summed E-state index contributed by atoms with van der Waals surface area (Å²) in [6.07, 6.45) is 0.0661. The molecule has 4 rings (SSSR count). The Morgan fingerprint density at radius 3 is 2.44 bits per heavy atom. The highest BCUT2D eigenvalue weighted by molar-refractivity contribution is 6.22. The van der Waals surface area contributed by atoms with E-state index in [2.05, 4.69) is 0 Å². The van der Waals surface area contributed by atoms with Crippen LogP contribution < -0.4 is 10.5 Å². The first-order valence-corrected chi connectivity index (χ1v) is 8.58. The molecule has 2 aliphatic rings. The van der Waals surface area contributed by atoms with Crippen molar-refractivity contribution in [3.63, 3.8) is 0 Å². The maximum Gasteiger partial charge on any atom is 0.335 e. The van der Waals surface area contributed by atoms with E-state index in [-0.39, 0.29) is 29.4 Å². The van der Waals surface area contributed by atoms with Gasteiger partial charge >= 0.3 is 5.97 Å². The van der Waals surface area contributed by atoms with E-state index in [1.165, 1.54) is 30.3 Å². The van der Waals surface area contributed by atoms with Crippen molar-refractivity contribution in [3.05, 3.63) is 64.1 Å². The number of carboxylic acid groups (broad SMARTS) is 1. The monoisotopic (exact) mass is 367 g/mol. The summed E-state index contributed by atoms with van der Waals surface area (Å²) in [4.78, 5) is 51.2. The molecule has 3 heterocycles. The van der Waals surface area contributed by atoms with Gasteiger partial charge in [0.15, 0.2) is 0 Å². The lowest BCUT2D eigenvalue weighted by Gasteiger charge is -2.32. The third kappa shape index (κ3) is 2.93. The van der Waals surface area contributed by atoms with Gasteiger partial charge in [0.05, 0.1) is 23.7 Å². The average molecular weight is 367 g/mol. The van der Waals surface area contributed by atoms with Crippen molar-refractivity contribution in [2.45, 2.75) is 25.6 Å². The molecule has 1 aromatic heterocycles. The van der Waals surface area contributed by atoms with Crippen LogP contribution in [0.15, 0.2) is 47.3 Å². The van der Waals surface area contributed by atoms with Crippen LogP contribution in [0.3, 0.4) is 0 Å². The minimum Gasteiger partial charge on any atom is -0.478 e. The molecular formula is C19H17N3O5. The topological polar surface area (TPSA) is 99.9 Å². The molecule has 8 heteroatoms. The third-order valence-electron chi connectivity index (χ3n) is 5.05. The Hall–Kier alpha value is -3.26. The second-order valence-corrected chi connectivity index (χ2v) is 6.62. The lowest BCUT2D eigenvalue weighted by Crippen LogP contribution is -2.47. The van der Waals surface area contributed by atoms with Crippen molar-refractivity contribution in [2.24, 2.45) is 0 Å². The number of aromatic nitrogens is 1. The fourth-order valence-electron chi connectivity index (χ4n) is 3.66. The van der Waals surface area contributed by atoms with E-state index in [0.29, 0.717) is 25.3 Å². The van der Waals surface area contributed by atoms with Crippen molar-refractivity contribution in [1.29, 1.82) is 0 Å². The summed E-state index contributed by atoms with van der Waals surface area (Å²) in [7, 11) is 0. The van der Waals surface area contributed by atoms with E-state index in [1.807, 2.05) is 11.0 Å². The molecule has 0 aliphatic carbocycles. The number of nitrogens with zero attached hydrogens (tertiary/aromatic N) is 3. The Labute approximate surface area is 154 Å². The lowest BCUT2D eigenvalue weighted by atomic mass is 10.1. The van der Waals surface area contributed by atoms with Crippen molar-refractivity contribution >= 4 is 23.5 Å². The minimum absolute atomic E-state index is 0.0661. The first-order chi connectivity index (χ1) is 13.0. The highest BCUT2D eigenvalue weighted by Crippen LogP contribution is 2.27. The van der Waals surface area contributed by atoms with Crippen molar-refractivity contribution in [1.82, 2.24) is 9.47 Å². The van der Waals surface area contributed by atoms with Crippen molar-refractivity contribution < 1.29 is 19.5 Å². The van der Waals surface area contributed by atoms with Crippen molar-refractivity contribution in [2.75, 3.05) is 11.4 Å². The summed E-state index contributed by atoms with van der Waals surface area (Å²) in [6.45, 7) is 1.40. The van der Waals surface area contributed by atoms with Gasteiger partial charge in [-0.1, -0.05) is 6.07 Å². The Morgan fingerprint density at radius 2 is 1.74 bits per heavy atom. The zero-order valence-electron chi connectivity index (χ0n) is 14.4. The molecule has 1 fully saturated rings. The van der Waals surface area contributed by atoms with Crippen LogP contribution in [0.4, 0.5) is 5.69 Å². The molecule has 2 aliphatic heterocycles. The van der Waals surface area contributed by atoms with E-state index in [4.69, 9.17) is 5.11 Å². The number of rotatable bonds is 3. The molecule has 1 unspecified atom stereocenters. The number of anilines is 1. The molecule has 1 saturated heterocycles. The number of amides is 2. The predicted octanol–water partition coefficient (Wildman–Crippen LogP) is 0.694. The number of imide groups is 1. The maximum atomic E-state index is 12.9. The van der Waals surface area contributed by atoms with Gasteiger partial charge in [0.1, 0.15) is 0 Å². The Bertz CT molecular complexity index is 995. The number of benzene rings is 1. The molecule has 2 amide bonds. The number of hydrogen-bond donors (Lipinski definition) is 1. The molecule has 1 aromatic carbocycles. The first kappa shape index (κ1) is 17.2. The quantitative estimate of drug-likeness (QED) is 0.802. The summed E-state index contributed by atoms with van der Waals surface area (Å²) in [6, 6.07) is 10.1. The zero-order chi connectivity index (χ0) is 19.1. The highest BCUT2D eigenvalue weighted by atomic mass is 16.4. The van der Waals surface area contributed by atoms with Gasteiger partial charge in [-0.15, -0.1) is 0 Å². The standard InChI is InChI=1S/C19H17N3O5/c23-16-3-1-2-14-11-20(8-9-21(14)16)15-10-17(24)22(18(15)25)13-6-4-12(5-7-13)19(26)27/h1-7,15H,8-11H2,(H,26,27). The SMILES string of the molecule is O=C(O)c1ccc(N2C(=O)CC(N3CCn4c(cccc4=O)C3)C2=O)cc1. The molecule has 1 atom stereocenters. The summed E-state index contributed by atoms with van der Waals surface area (Å²) in [5.74, 6) is -1.71. The van der Waals surface area contributed by atoms with Gasteiger partial charge in [0.25, 0.3) is 11.5 Å². The molecule has 138 valence electrons. The van der Waals surface area contributed by atoms with Gasteiger partial charge in [-0.05, 0) is 30.3 Å². The number of hydrogen-bond acceptors (Lipinski definition) is 5. The van der Waals surface area contributed by atoms with Crippen LogP contribution in [-0.4, -0.2) is 44.9 Å². The van der Waals surface area contributed by atoms with Crippen LogP contribution in [0, 0.1) is 0 Å². The second kappa shape index (κ2) is 6.48. The second-order valence-electron chi connectivity index (χ2n) is 6.62. The summed E-state index contributed by atoms with van der Waals surface area (Å²) >= 11 is 0. The van der Waals surface area contributed by atoms with Crippen LogP contribution in [-0.2, 0) is 22.7 Å². The van der Waals surface area contributed by atoms with Crippen LogP contribution in [0.25, 0.3) is 0 Å². The molecule has 2 aromatic rings. The Balaban J connectivity index is 1.56. The largest absolute Gasteiger partial charge is 0.478 e. The number of carbonyl (C=O) groups is 3. The van der Waals surface area contributed by atoms with E-state index >= 15 is 0 Å². The normalized spacial score (nSPS) is 20.0. The highest BCUT2D eigenvalue weighted by Gasteiger charge is 2.43. The number of fused-ring (bicyclic) bond motifs is 1. The minimum atomic E-state index is -1.07. The smallest absolute Gasteiger partial charge is 0.335 e. The van der Waals surface area contributed by atoms with Crippen LogP contribution in [0.2, 0.25) is 0 Å². The van der Waals surface area contributed by atoms with Gasteiger partial charge in [-0.2, -0.15) is 0 Å². The third-order valence-corrected chi connectivity index (χ3v) is 5.05. The fourth-order valence-corrected chi connectivity index (χ4v) is 3.66. The predicted molar refractivity (Wildman–Crippen MR) is 95.4 cm³/mol. The number of carboxylic acids is 1. The van der Waals surface area contributed by atoms with Crippen LogP contribution >= 0.6 is 0 Å². The summed E-state index contributed by atoms with van der Waals surface area (Å²) < 4.78 is 1.68. The van der Waals surface area contributed by atoms with Gasteiger partial charge in [-0.3, -0.25) is 19.3 Å². The number of carbonyl (C=O) groups excluding carboxylic acids is 2. The van der Waals surface area contributed by atoms with Gasteiger partial charge in [-0.25, -0.2) is 9.69 Å². The lowest BCUT2D eigenvalue weighted by molar-refractivity contribution is -0.123. The Morgan fingerprint density at radius 1 is 1.00 bits per heavy atom. The fraction of sp³-hybridized carbons (Fsp3) is 0.263. The van der Waals surface area contributed by atoms with E-state index < -0.39 is 12.0 Å². The van der Waals surface area contributed by atoms with E-state index in [0.717, 1.165) is 10.6 Å². The van der Waals surface area contributed by atoms with Crippen molar-refractivity contribution in [3.8, 4) is 0 Å². The molecule has 1 N–H and O–H groups in total. The zero-order valence-corrected chi connectivity index (χ0v) is 14.4. The van der Waals surface area contributed by atoms with Crippen LogP contribution in [0.1, 0.15) is 22.5 Å².